The highest BCUT2D eigenvalue weighted by Crippen LogP contribution is 2.30. The number of aliphatic hydroxyl groups is 1. The molecule has 1 N–H and O–H groups in total. The predicted molar refractivity (Wildman–Crippen MR) is 121 cm³/mol. The number of benzene rings is 1. The molecule has 1 unspecified atom stereocenters. The summed E-state index contributed by atoms with van der Waals surface area (Å²) in [6, 6.07) is 3.30. The summed E-state index contributed by atoms with van der Waals surface area (Å²) in [6.07, 6.45) is 16.8. The zero-order valence-electron chi connectivity index (χ0n) is 15.7. The van der Waals surface area contributed by atoms with E-state index in [0.29, 0.717) is 20.6 Å². The average molecular weight is 438 g/mol. The molecule has 26 heavy (non-hydrogen) atoms. The Balaban J connectivity index is 2.09. The van der Waals surface area contributed by atoms with Gasteiger partial charge in [0, 0.05) is 10.6 Å². The number of rotatable bonds is 14. The quantitative estimate of drug-likeness (QED) is 0.232. The third kappa shape index (κ3) is 11.1. The van der Waals surface area contributed by atoms with Gasteiger partial charge in [-0.3, -0.25) is 0 Å². The summed E-state index contributed by atoms with van der Waals surface area (Å²) in [5.41, 5.74) is 0.146. The van der Waals surface area contributed by atoms with Crippen LogP contribution in [0.5, 0.6) is 0 Å². The van der Waals surface area contributed by atoms with Crippen molar-refractivity contribution in [3.05, 3.63) is 38.8 Å². The molecule has 0 aliphatic heterocycles. The molecule has 0 aromatic heterocycles. The Labute approximate surface area is 178 Å². The molecule has 1 nitrogen and oxygen atoms in total. The van der Waals surface area contributed by atoms with E-state index in [1.54, 1.807) is 36.0 Å². The molecule has 0 saturated carbocycles. The number of thioether (sulfide) groups is 1. The number of halogens is 3. The van der Waals surface area contributed by atoms with E-state index >= 15 is 0 Å². The van der Waals surface area contributed by atoms with Gasteiger partial charge in [-0.2, -0.15) is 0 Å². The molecule has 0 spiro atoms. The smallest absolute Gasteiger partial charge is 0.118 e. The first-order valence-corrected chi connectivity index (χ1v) is 11.8. The number of unbranched alkanes of at least 4 members (excludes halogenated alkanes) is 9. The van der Waals surface area contributed by atoms with E-state index in [1.807, 2.05) is 0 Å². The lowest BCUT2D eigenvalue weighted by molar-refractivity contribution is 0.310. The first-order valence-electron chi connectivity index (χ1n) is 9.67. The molecule has 0 bridgehead atoms. The van der Waals surface area contributed by atoms with E-state index in [1.165, 1.54) is 57.8 Å². The van der Waals surface area contributed by atoms with Crippen molar-refractivity contribution in [1.82, 2.24) is 0 Å². The number of hydrogen-bond acceptors (Lipinski definition) is 2. The molecule has 0 fully saturated rings. The van der Waals surface area contributed by atoms with Crippen LogP contribution in [-0.4, -0.2) is 16.3 Å². The zero-order chi connectivity index (χ0) is 19.2. The highest BCUT2D eigenvalue weighted by Gasteiger charge is 2.06. The minimum absolute atomic E-state index is 0.491. The fourth-order valence-corrected chi connectivity index (χ4v) is 4.49. The van der Waals surface area contributed by atoms with E-state index < -0.39 is 5.44 Å². The highest BCUT2D eigenvalue weighted by molar-refractivity contribution is 7.99. The molecule has 1 aromatic rings. The van der Waals surface area contributed by atoms with Gasteiger partial charge < -0.3 is 5.11 Å². The van der Waals surface area contributed by atoms with Crippen LogP contribution < -0.4 is 0 Å². The summed E-state index contributed by atoms with van der Waals surface area (Å²) in [7, 11) is 0. The Morgan fingerprint density at radius 3 is 1.92 bits per heavy atom. The third-order valence-corrected chi connectivity index (χ3v) is 6.12. The summed E-state index contributed by atoms with van der Waals surface area (Å²) in [4.78, 5) is 0. The van der Waals surface area contributed by atoms with Crippen LogP contribution >= 0.6 is 46.6 Å². The van der Waals surface area contributed by atoms with Crippen molar-refractivity contribution >= 4 is 52.6 Å². The molecule has 0 amide bonds. The minimum atomic E-state index is -0.545. The molecule has 5 heteroatoms. The van der Waals surface area contributed by atoms with Gasteiger partial charge in [0.15, 0.2) is 0 Å². The van der Waals surface area contributed by atoms with Crippen LogP contribution in [0.25, 0.3) is 6.08 Å². The van der Waals surface area contributed by atoms with Gasteiger partial charge in [0.2, 0.25) is 0 Å². The van der Waals surface area contributed by atoms with Crippen molar-refractivity contribution < 1.29 is 5.11 Å². The molecule has 1 rings (SSSR count). The molecular formula is C21H31Cl3OS. The van der Waals surface area contributed by atoms with Crippen molar-refractivity contribution in [2.45, 2.75) is 76.6 Å². The van der Waals surface area contributed by atoms with Crippen molar-refractivity contribution in [2.24, 2.45) is 0 Å². The largest absolute Gasteiger partial charge is 0.379 e. The van der Waals surface area contributed by atoms with Crippen LogP contribution in [0.3, 0.4) is 0 Å². The van der Waals surface area contributed by atoms with Crippen LogP contribution in [0.4, 0.5) is 0 Å². The lowest BCUT2D eigenvalue weighted by atomic mass is 10.1. The van der Waals surface area contributed by atoms with Gasteiger partial charge in [0.05, 0.1) is 10.0 Å². The topological polar surface area (TPSA) is 20.2 Å². The van der Waals surface area contributed by atoms with Gasteiger partial charge in [-0.15, -0.1) is 11.8 Å². The maximum absolute atomic E-state index is 10.1. The Hall–Kier alpha value is 0.140. The Bertz CT molecular complexity index is 511. The van der Waals surface area contributed by atoms with E-state index in [0.717, 1.165) is 12.2 Å². The van der Waals surface area contributed by atoms with E-state index in [-0.39, 0.29) is 0 Å². The van der Waals surface area contributed by atoms with E-state index in [2.05, 4.69) is 6.92 Å². The standard InChI is InChI=1S/C21H31Cl3OS/c1-2-3-4-5-6-7-8-9-10-11-14-26-21(25)13-12-18-19(23)15-17(22)16-20(18)24/h12-13,15-16,21,25H,2-11,14H2,1H3/b13-12-. The lowest BCUT2D eigenvalue weighted by Crippen LogP contribution is -1.97. The molecule has 0 aliphatic rings. The van der Waals surface area contributed by atoms with Crippen LogP contribution in [-0.2, 0) is 0 Å². The second-order valence-electron chi connectivity index (χ2n) is 6.59. The maximum atomic E-state index is 10.1. The summed E-state index contributed by atoms with van der Waals surface area (Å²) in [5, 5.41) is 11.5. The van der Waals surface area contributed by atoms with Gasteiger partial charge in [0.25, 0.3) is 0 Å². The van der Waals surface area contributed by atoms with Gasteiger partial charge in [-0.05, 0) is 30.4 Å². The van der Waals surface area contributed by atoms with Gasteiger partial charge >= 0.3 is 0 Å². The maximum Gasteiger partial charge on any atom is 0.118 e. The van der Waals surface area contributed by atoms with Crippen molar-refractivity contribution in [1.29, 1.82) is 0 Å². The third-order valence-electron chi connectivity index (χ3n) is 4.26. The molecule has 0 heterocycles. The van der Waals surface area contributed by atoms with Gasteiger partial charge in [-0.25, -0.2) is 0 Å². The summed E-state index contributed by atoms with van der Waals surface area (Å²) in [5.74, 6) is 0.962. The van der Waals surface area contributed by atoms with Gasteiger partial charge in [0.1, 0.15) is 5.44 Å². The fraction of sp³-hybridized carbons (Fsp3) is 0.619. The van der Waals surface area contributed by atoms with Crippen LogP contribution in [0.2, 0.25) is 15.1 Å². The SMILES string of the molecule is CCCCCCCCCCCCSC(O)/C=C\c1c(Cl)cc(Cl)cc1Cl. The van der Waals surface area contributed by atoms with Gasteiger partial charge in [-0.1, -0.05) is 106 Å². The monoisotopic (exact) mass is 436 g/mol. The molecule has 148 valence electrons. The Morgan fingerprint density at radius 1 is 0.885 bits per heavy atom. The van der Waals surface area contributed by atoms with Crippen molar-refractivity contribution in [3.8, 4) is 0 Å². The Kier molecular flexibility index (Phi) is 14.0. The molecule has 0 saturated heterocycles. The van der Waals surface area contributed by atoms with Crippen molar-refractivity contribution in [2.75, 3.05) is 5.75 Å². The first kappa shape index (κ1) is 24.2. The van der Waals surface area contributed by atoms with E-state index in [4.69, 9.17) is 34.8 Å². The molecule has 0 radical (unpaired) electrons. The van der Waals surface area contributed by atoms with Crippen molar-refractivity contribution in [3.63, 3.8) is 0 Å². The summed E-state index contributed by atoms with van der Waals surface area (Å²) < 4.78 is 0. The second-order valence-corrected chi connectivity index (χ2v) is 9.06. The molecule has 0 aliphatic carbocycles. The fourth-order valence-electron chi connectivity index (χ4n) is 2.74. The highest BCUT2D eigenvalue weighted by atomic mass is 35.5. The number of hydrogen-bond donors (Lipinski definition) is 1. The second kappa shape index (κ2) is 15.1. The predicted octanol–water partition coefficient (Wildman–Crippen LogP) is 8.63. The normalized spacial score (nSPS) is 12.8. The number of aliphatic hydroxyl groups excluding tert-OH is 1. The van der Waals surface area contributed by atoms with Crippen LogP contribution in [0.15, 0.2) is 18.2 Å². The minimum Gasteiger partial charge on any atom is -0.379 e. The van der Waals surface area contributed by atoms with Crippen LogP contribution in [0.1, 0.15) is 76.7 Å². The molecule has 1 atom stereocenters. The lowest BCUT2D eigenvalue weighted by Gasteiger charge is -2.07. The Morgan fingerprint density at radius 2 is 1.38 bits per heavy atom. The molecular weight excluding hydrogens is 407 g/mol. The molecule has 1 aromatic carbocycles. The average Bonchev–Trinajstić information content (AvgIpc) is 2.58. The van der Waals surface area contributed by atoms with Crippen LogP contribution in [0, 0.1) is 0 Å². The van der Waals surface area contributed by atoms with E-state index in [9.17, 15) is 5.11 Å². The summed E-state index contributed by atoms with van der Waals surface area (Å²) in [6.45, 7) is 2.26. The summed E-state index contributed by atoms with van der Waals surface area (Å²) >= 11 is 19.7. The first-order chi connectivity index (χ1) is 12.5. The zero-order valence-corrected chi connectivity index (χ0v) is 18.7.